The molecule has 0 aromatic heterocycles. The summed E-state index contributed by atoms with van der Waals surface area (Å²) < 4.78 is 5.35. The average molecular weight is 553 g/mol. The molecule has 0 aliphatic rings. The van der Waals surface area contributed by atoms with E-state index in [1.165, 1.54) is 4.90 Å². The summed E-state index contributed by atoms with van der Waals surface area (Å²) in [6.07, 6.45) is 0.108. The van der Waals surface area contributed by atoms with Crippen LogP contribution in [0, 0.1) is 5.92 Å². The fourth-order valence-electron chi connectivity index (χ4n) is 4.30. The van der Waals surface area contributed by atoms with Crippen molar-refractivity contribution in [3.05, 3.63) is 71.8 Å². The number of nitrogens with zero attached hydrogens (tertiary/aromatic N) is 1. The molecule has 0 aliphatic heterocycles. The molecule has 2 rings (SSSR count). The highest BCUT2D eigenvalue weighted by Crippen LogP contribution is 2.28. The van der Waals surface area contributed by atoms with Gasteiger partial charge in [0.05, 0.1) is 6.42 Å². The Kier molecular flexibility index (Phi) is 12.2. The second-order valence-corrected chi connectivity index (χ2v) is 11.5. The largest absolute Gasteiger partial charge is 0.444 e. The first kappa shape index (κ1) is 32.3. The molecule has 0 saturated carbocycles. The van der Waals surface area contributed by atoms with Crippen molar-refractivity contribution >= 4 is 23.8 Å². The number of hydrogen-bond acceptors (Lipinski definition) is 5. The summed E-state index contributed by atoms with van der Waals surface area (Å²) >= 11 is 0. The standard InChI is InChI=1S/C31H44N4O5/c1-21(2)17-18-22(3)35(29(38)25(19-26(32)36)34-30(39)40-31(4,5)6)27(24-15-11-8-12-16-24)28(37)33-20-23-13-9-7-10-14-23/h7-16,21-22,25,27H,17-20H2,1-6H3,(H2,32,36)(H,33,37)(H,34,39). The Morgan fingerprint density at radius 2 is 1.48 bits per heavy atom. The van der Waals surface area contributed by atoms with Crippen LogP contribution in [0.4, 0.5) is 4.79 Å². The zero-order chi connectivity index (χ0) is 29.9. The fourth-order valence-corrected chi connectivity index (χ4v) is 4.30. The minimum Gasteiger partial charge on any atom is -0.444 e. The van der Waals surface area contributed by atoms with Gasteiger partial charge in [0.15, 0.2) is 0 Å². The molecule has 0 radical (unpaired) electrons. The second-order valence-electron chi connectivity index (χ2n) is 11.5. The van der Waals surface area contributed by atoms with Gasteiger partial charge in [-0.3, -0.25) is 14.4 Å². The van der Waals surface area contributed by atoms with E-state index in [9.17, 15) is 19.2 Å². The summed E-state index contributed by atoms with van der Waals surface area (Å²) in [5.41, 5.74) is 6.18. The van der Waals surface area contributed by atoms with Crippen LogP contribution >= 0.6 is 0 Å². The van der Waals surface area contributed by atoms with E-state index in [0.29, 0.717) is 17.9 Å². The summed E-state index contributed by atoms with van der Waals surface area (Å²) in [7, 11) is 0. The van der Waals surface area contributed by atoms with Gasteiger partial charge in [0.2, 0.25) is 17.7 Å². The van der Waals surface area contributed by atoms with Crippen molar-refractivity contribution in [2.75, 3.05) is 0 Å². The lowest BCUT2D eigenvalue weighted by molar-refractivity contribution is -0.146. The van der Waals surface area contributed by atoms with Gasteiger partial charge in [-0.1, -0.05) is 74.5 Å². The van der Waals surface area contributed by atoms with Gasteiger partial charge in [-0.15, -0.1) is 0 Å². The third kappa shape index (κ3) is 10.7. The van der Waals surface area contributed by atoms with E-state index in [4.69, 9.17) is 10.5 Å². The normalized spacial score (nSPS) is 13.6. The molecular formula is C31H44N4O5. The molecule has 3 atom stereocenters. The number of ether oxygens (including phenoxy) is 1. The Bertz CT molecular complexity index is 1120. The van der Waals surface area contributed by atoms with Gasteiger partial charge in [-0.25, -0.2) is 4.79 Å². The summed E-state index contributed by atoms with van der Waals surface area (Å²) in [4.78, 5) is 54.2. The summed E-state index contributed by atoms with van der Waals surface area (Å²) in [6.45, 7) is 11.4. The lowest BCUT2D eigenvalue weighted by Crippen LogP contribution is -2.56. The van der Waals surface area contributed by atoms with Crippen LogP contribution in [-0.2, 0) is 25.7 Å². The number of nitrogens with one attached hydrogen (secondary N) is 2. The summed E-state index contributed by atoms with van der Waals surface area (Å²) in [5, 5.41) is 5.49. The predicted octanol–water partition coefficient (Wildman–Crippen LogP) is 4.47. The van der Waals surface area contributed by atoms with Crippen LogP contribution in [0.3, 0.4) is 0 Å². The summed E-state index contributed by atoms with van der Waals surface area (Å²) in [5.74, 6) is -1.38. The highest BCUT2D eigenvalue weighted by atomic mass is 16.6. The molecule has 2 aromatic carbocycles. The number of rotatable bonds is 13. The number of nitrogens with two attached hydrogens (primary N) is 1. The van der Waals surface area contributed by atoms with E-state index in [0.717, 1.165) is 12.0 Å². The lowest BCUT2D eigenvalue weighted by atomic mass is 9.96. The number of primary amides is 1. The molecule has 9 nitrogen and oxygen atoms in total. The Morgan fingerprint density at radius 3 is 2.00 bits per heavy atom. The fraction of sp³-hybridized carbons (Fsp3) is 0.484. The molecule has 0 saturated heterocycles. The third-order valence-corrected chi connectivity index (χ3v) is 6.24. The van der Waals surface area contributed by atoms with Crippen molar-refractivity contribution in [2.45, 2.75) is 91.1 Å². The Labute approximate surface area is 237 Å². The molecule has 0 aliphatic carbocycles. The highest BCUT2D eigenvalue weighted by Gasteiger charge is 2.39. The van der Waals surface area contributed by atoms with Crippen molar-refractivity contribution in [3.63, 3.8) is 0 Å². The molecule has 9 heteroatoms. The van der Waals surface area contributed by atoms with Gasteiger partial charge in [0, 0.05) is 12.6 Å². The number of alkyl carbamates (subject to hydrolysis) is 1. The number of benzene rings is 2. The molecule has 3 unspecified atom stereocenters. The molecular weight excluding hydrogens is 508 g/mol. The van der Waals surface area contributed by atoms with Crippen LogP contribution in [0.25, 0.3) is 0 Å². The molecule has 2 aromatic rings. The van der Waals surface area contributed by atoms with Crippen LogP contribution in [-0.4, -0.2) is 46.4 Å². The van der Waals surface area contributed by atoms with Crippen molar-refractivity contribution in [3.8, 4) is 0 Å². The third-order valence-electron chi connectivity index (χ3n) is 6.24. The molecule has 0 spiro atoms. The van der Waals surface area contributed by atoms with Crippen LogP contribution in [0.5, 0.6) is 0 Å². The van der Waals surface area contributed by atoms with Gasteiger partial charge in [0.25, 0.3) is 0 Å². The van der Waals surface area contributed by atoms with Crippen LogP contribution in [0.1, 0.15) is 78.0 Å². The van der Waals surface area contributed by atoms with Crippen LogP contribution < -0.4 is 16.4 Å². The second kappa shape index (κ2) is 15.1. The number of amides is 4. The van der Waals surface area contributed by atoms with Gasteiger partial charge < -0.3 is 26.0 Å². The van der Waals surface area contributed by atoms with Crippen LogP contribution in [0.2, 0.25) is 0 Å². The van der Waals surface area contributed by atoms with E-state index in [1.54, 1.807) is 45.0 Å². The minimum absolute atomic E-state index is 0.270. The zero-order valence-corrected chi connectivity index (χ0v) is 24.5. The quantitative estimate of drug-likeness (QED) is 0.338. The average Bonchev–Trinajstić information content (AvgIpc) is 2.88. The number of carbonyl (C=O) groups excluding carboxylic acids is 4. The monoisotopic (exact) mass is 552 g/mol. The van der Waals surface area contributed by atoms with E-state index in [-0.39, 0.29) is 12.5 Å². The molecule has 40 heavy (non-hydrogen) atoms. The van der Waals surface area contributed by atoms with Crippen molar-refractivity contribution < 1.29 is 23.9 Å². The SMILES string of the molecule is CC(C)CCC(C)N(C(=O)C(CC(N)=O)NC(=O)OC(C)(C)C)C(C(=O)NCc1ccccc1)c1ccccc1. The topological polar surface area (TPSA) is 131 Å². The van der Waals surface area contributed by atoms with Crippen molar-refractivity contribution in [2.24, 2.45) is 11.7 Å². The van der Waals surface area contributed by atoms with Gasteiger partial charge in [-0.2, -0.15) is 0 Å². The maximum absolute atomic E-state index is 14.2. The minimum atomic E-state index is -1.32. The van der Waals surface area contributed by atoms with Crippen molar-refractivity contribution in [1.82, 2.24) is 15.5 Å². The maximum Gasteiger partial charge on any atom is 0.408 e. The molecule has 4 amide bonds. The Hall–Kier alpha value is -3.88. The first-order chi connectivity index (χ1) is 18.8. The highest BCUT2D eigenvalue weighted by molar-refractivity contribution is 5.94. The van der Waals surface area contributed by atoms with E-state index in [2.05, 4.69) is 24.5 Å². The van der Waals surface area contributed by atoms with Gasteiger partial charge in [0.1, 0.15) is 17.7 Å². The molecule has 218 valence electrons. The van der Waals surface area contributed by atoms with E-state index >= 15 is 0 Å². The molecule has 0 bridgehead atoms. The summed E-state index contributed by atoms with van der Waals surface area (Å²) in [6, 6.07) is 15.7. The van der Waals surface area contributed by atoms with Crippen LogP contribution in [0.15, 0.2) is 60.7 Å². The van der Waals surface area contributed by atoms with Crippen molar-refractivity contribution in [1.29, 1.82) is 0 Å². The first-order valence-electron chi connectivity index (χ1n) is 13.7. The van der Waals surface area contributed by atoms with E-state index < -0.39 is 48.1 Å². The van der Waals surface area contributed by atoms with Gasteiger partial charge >= 0.3 is 6.09 Å². The first-order valence-corrected chi connectivity index (χ1v) is 13.7. The maximum atomic E-state index is 14.2. The molecule has 0 heterocycles. The zero-order valence-electron chi connectivity index (χ0n) is 24.5. The number of hydrogen-bond donors (Lipinski definition) is 3. The lowest BCUT2D eigenvalue weighted by Gasteiger charge is -2.38. The number of carbonyl (C=O) groups is 4. The van der Waals surface area contributed by atoms with Gasteiger partial charge in [-0.05, 0) is 57.6 Å². The van der Waals surface area contributed by atoms with E-state index in [1.807, 2.05) is 43.3 Å². The molecule has 4 N–H and O–H groups in total. The smallest absolute Gasteiger partial charge is 0.408 e. The predicted molar refractivity (Wildman–Crippen MR) is 155 cm³/mol. The Morgan fingerprint density at radius 1 is 0.900 bits per heavy atom. The Balaban J connectivity index is 2.52. The molecule has 0 fully saturated rings.